The van der Waals surface area contributed by atoms with Crippen LogP contribution in [-0.2, 0) is 21.2 Å². The zero-order chi connectivity index (χ0) is 22.6. The van der Waals surface area contributed by atoms with Crippen LogP contribution in [-0.4, -0.2) is 20.2 Å². The van der Waals surface area contributed by atoms with Gasteiger partial charge in [0.1, 0.15) is 0 Å². The van der Waals surface area contributed by atoms with Gasteiger partial charge >= 0.3 is 0 Å². The molecule has 0 aliphatic carbocycles. The van der Waals surface area contributed by atoms with E-state index in [0.717, 1.165) is 11.1 Å². The van der Waals surface area contributed by atoms with E-state index in [0.29, 0.717) is 11.6 Å². The molecule has 0 atom stereocenters. The van der Waals surface area contributed by atoms with Gasteiger partial charge in [0.05, 0.1) is 15.5 Å². The van der Waals surface area contributed by atoms with E-state index in [1.165, 1.54) is 49.4 Å². The fourth-order valence-corrected chi connectivity index (χ4v) is 4.44. The van der Waals surface area contributed by atoms with Crippen molar-refractivity contribution in [3.8, 4) is 0 Å². The Morgan fingerprint density at radius 3 is 2.19 bits per heavy atom. The van der Waals surface area contributed by atoms with Crippen molar-refractivity contribution in [2.45, 2.75) is 30.2 Å². The molecule has 3 aromatic rings. The van der Waals surface area contributed by atoms with Crippen molar-refractivity contribution in [3.63, 3.8) is 0 Å². The number of anilines is 1. The predicted molar refractivity (Wildman–Crippen MR) is 120 cm³/mol. The van der Waals surface area contributed by atoms with Gasteiger partial charge in [-0.3, -0.25) is 9.59 Å². The molecule has 3 aromatic carbocycles. The summed E-state index contributed by atoms with van der Waals surface area (Å²) in [4.78, 5) is 24.2. The van der Waals surface area contributed by atoms with Gasteiger partial charge in [-0.2, -0.15) is 0 Å². The first-order chi connectivity index (χ1) is 14.7. The van der Waals surface area contributed by atoms with Crippen LogP contribution in [0.15, 0.2) is 76.5 Å². The summed E-state index contributed by atoms with van der Waals surface area (Å²) in [5.74, 6) is -0.840. The second-order valence-corrected chi connectivity index (χ2v) is 9.37. The first-order valence-corrected chi connectivity index (χ1v) is 11.3. The molecule has 0 fully saturated rings. The topological polar surface area (TPSA) is 92.3 Å². The van der Waals surface area contributed by atoms with Crippen molar-refractivity contribution in [1.29, 1.82) is 0 Å². The van der Waals surface area contributed by atoms with Gasteiger partial charge in [-0.05, 0) is 55.0 Å². The number of carbonyl (C=O) groups excluding carboxylic acids is 2. The van der Waals surface area contributed by atoms with Gasteiger partial charge in [0.15, 0.2) is 0 Å². The van der Waals surface area contributed by atoms with Crippen molar-refractivity contribution in [2.75, 3.05) is 5.32 Å². The van der Waals surface area contributed by atoms with Gasteiger partial charge in [0.25, 0.3) is 5.91 Å². The zero-order valence-electron chi connectivity index (χ0n) is 17.0. The molecule has 0 saturated heterocycles. The molecule has 0 aromatic heterocycles. The molecule has 0 spiro atoms. The normalized spacial score (nSPS) is 11.1. The number of sulfone groups is 1. The van der Waals surface area contributed by atoms with Crippen LogP contribution in [0.4, 0.5) is 5.69 Å². The summed E-state index contributed by atoms with van der Waals surface area (Å²) in [7, 11) is -3.94. The van der Waals surface area contributed by atoms with E-state index in [2.05, 4.69) is 10.6 Å². The molecule has 8 heteroatoms. The number of benzene rings is 3. The third-order valence-electron chi connectivity index (χ3n) is 4.54. The van der Waals surface area contributed by atoms with E-state index in [9.17, 15) is 18.0 Å². The summed E-state index contributed by atoms with van der Waals surface area (Å²) in [5.41, 5.74) is 2.31. The highest BCUT2D eigenvalue weighted by Crippen LogP contribution is 2.29. The van der Waals surface area contributed by atoms with Gasteiger partial charge in [-0.25, -0.2) is 8.42 Å². The number of rotatable bonds is 6. The number of hydrogen-bond acceptors (Lipinski definition) is 4. The van der Waals surface area contributed by atoms with Crippen LogP contribution in [0.25, 0.3) is 0 Å². The Hall–Kier alpha value is -3.16. The van der Waals surface area contributed by atoms with Crippen LogP contribution < -0.4 is 10.6 Å². The minimum absolute atomic E-state index is 0.0278. The minimum atomic E-state index is -3.94. The van der Waals surface area contributed by atoms with Crippen LogP contribution in [0.5, 0.6) is 0 Å². The van der Waals surface area contributed by atoms with E-state index >= 15 is 0 Å². The van der Waals surface area contributed by atoms with E-state index in [1.807, 2.05) is 31.2 Å². The molecule has 31 heavy (non-hydrogen) atoms. The van der Waals surface area contributed by atoms with E-state index in [-0.39, 0.29) is 26.9 Å². The lowest BCUT2D eigenvalue weighted by Crippen LogP contribution is -2.23. The molecule has 2 N–H and O–H groups in total. The van der Waals surface area contributed by atoms with Crippen LogP contribution in [0, 0.1) is 6.92 Å². The molecule has 0 heterocycles. The number of hydrogen-bond donors (Lipinski definition) is 2. The summed E-state index contributed by atoms with van der Waals surface area (Å²) >= 11 is 5.85. The van der Waals surface area contributed by atoms with E-state index < -0.39 is 15.7 Å². The summed E-state index contributed by atoms with van der Waals surface area (Å²) in [6, 6.07) is 17.5. The molecule has 160 valence electrons. The average molecular weight is 457 g/mol. The number of halogens is 1. The third-order valence-corrected chi connectivity index (χ3v) is 6.62. The second-order valence-electron chi connectivity index (χ2n) is 7.02. The Bertz CT molecular complexity index is 1220. The van der Waals surface area contributed by atoms with Crippen molar-refractivity contribution in [2.24, 2.45) is 0 Å². The monoisotopic (exact) mass is 456 g/mol. The third kappa shape index (κ3) is 5.51. The SMILES string of the molecule is CC(=O)Nc1cc(C(=O)NCc2ccc(C)cc2)ccc1S(=O)(=O)c1ccc(Cl)cc1. The lowest BCUT2D eigenvalue weighted by atomic mass is 10.1. The predicted octanol–water partition coefficient (Wildman–Crippen LogP) is 4.37. The molecule has 0 bridgehead atoms. The maximum Gasteiger partial charge on any atom is 0.251 e. The quantitative estimate of drug-likeness (QED) is 0.576. The van der Waals surface area contributed by atoms with Gasteiger partial charge < -0.3 is 10.6 Å². The summed E-state index contributed by atoms with van der Waals surface area (Å²) < 4.78 is 26.1. The summed E-state index contributed by atoms with van der Waals surface area (Å²) in [5, 5.41) is 5.71. The van der Waals surface area contributed by atoms with Gasteiger partial charge in [0, 0.05) is 24.1 Å². The highest BCUT2D eigenvalue weighted by Gasteiger charge is 2.23. The molecule has 2 amide bonds. The molecular weight excluding hydrogens is 436 g/mol. The number of carbonyl (C=O) groups is 2. The van der Waals surface area contributed by atoms with Crippen molar-refractivity contribution in [1.82, 2.24) is 5.32 Å². The highest BCUT2D eigenvalue weighted by atomic mass is 35.5. The average Bonchev–Trinajstić information content (AvgIpc) is 2.73. The fourth-order valence-electron chi connectivity index (χ4n) is 2.92. The van der Waals surface area contributed by atoms with Crippen LogP contribution >= 0.6 is 11.6 Å². The lowest BCUT2D eigenvalue weighted by Gasteiger charge is -2.13. The molecule has 0 aliphatic heterocycles. The lowest BCUT2D eigenvalue weighted by molar-refractivity contribution is -0.114. The standard InChI is InChI=1S/C23H21ClN2O4S/c1-15-3-5-17(6-4-15)14-25-23(28)18-7-12-22(21(13-18)26-16(2)27)31(29,30)20-10-8-19(24)9-11-20/h3-13H,14H2,1-2H3,(H,25,28)(H,26,27). The maximum atomic E-state index is 13.1. The summed E-state index contributed by atoms with van der Waals surface area (Å²) in [6.07, 6.45) is 0. The number of nitrogens with one attached hydrogen (secondary N) is 2. The Morgan fingerprint density at radius 1 is 0.935 bits per heavy atom. The molecule has 0 radical (unpaired) electrons. The van der Waals surface area contributed by atoms with Crippen molar-refractivity contribution >= 4 is 38.9 Å². The zero-order valence-corrected chi connectivity index (χ0v) is 18.5. The Kier molecular flexibility index (Phi) is 6.77. The second kappa shape index (κ2) is 9.32. The first kappa shape index (κ1) is 22.5. The summed E-state index contributed by atoms with van der Waals surface area (Å²) in [6.45, 7) is 3.56. The fraction of sp³-hybridized carbons (Fsp3) is 0.130. The van der Waals surface area contributed by atoms with Gasteiger partial charge in [0.2, 0.25) is 15.7 Å². The molecule has 3 rings (SSSR count). The van der Waals surface area contributed by atoms with E-state index in [4.69, 9.17) is 11.6 Å². The van der Waals surface area contributed by atoms with Crippen LogP contribution in [0.1, 0.15) is 28.4 Å². The van der Waals surface area contributed by atoms with E-state index in [1.54, 1.807) is 0 Å². The maximum absolute atomic E-state index is 13.1. The van der Waals surface area contributed by atoms with Crippen LogP contribution in [0.3, 0.4) is 0 Å². The Labute approximate surface area is 186 Å². The molecule has 6 nitrogen and oxygen atoms in total. The molecule has 0 aliphatic rings. The molecule has 0 unspecified atom stereocenters. The van der Waals surface area contributed by atoms with Gasteiger partial charge in [-0.15, -0.1) is 0 Å². The number of aryl methyl sites for hydroxylation is 1. The molecule has 0 saturated carbocycles. The largest absolute Gasteiger partial charge is 0.348 e. The van der Waals surface area contributed by atoms with Crippen LogP contribution in [0.2, 0.25) is 5.02 Å². The van der Waals surface area contributed by atoms with Crippen molar-refractivity contribution in [3.05, 3.63) is 88.4 Å². The minimum Gasteiger partial charge on any atom is -0.348 e. The first-order valence-electron chi connectivity index (χ1n) is 9.43. The van der Waals surface area contributed by atoms with Gasteiger partial charge in [-0.1, -0.05) is 41.4 Å². The Morgan fingerprint density at radius 2 is 1.58 bits per heavy atom. The molecular formula is C23H21ClN2O4S. The van der Waals surface area contributed by atoms with Crippen molar-refractivity contribution < 1.29 is 18.0 Å². The Balaban J connectivity index is 1.90. The smallest absolute Gasteiger partial charge is 0.251 e. The highest BCUT2D eigenvalue weighted by molar-refractivity contribution is 7.91. The number of amides is 2.